The first kappa shape index (κ1) is 20.7. The molecule has 30 heavy (non-hydrogen) atoms. The second-order valence-corrected chi connectivity index (χ2v) is 9.10. The highest BCUT2D eigenvalue weighted by atomic mass is 32.1. The molecule has 3 heterocycles. The van der Waals surface area contributed by atoms with Crippen LogP contribution >= 0.6 is 11.3 Å². The van der Waals surface area contributed by atoms with Crippen molar-refractivity contribution >= 4 is 34.1 Å². The maximum Gasteiger partial charge on any atom is 0.258 e. The van der Waals surface area contributed by atoms with Crippen LogP contribution in [0.1, 0.15) is 48.3 Å². The quantitative estimate of drug-likeness (QED) is 0.702. The Labute approximate surface area is 180 Å². The Balaban J connectivity index is 1.66. The molecular formula is C21H28N6O2S. The van der Waals surface area contributed by atoms with Crippen molar-refractivity contribution in [2.24, 2.45) is 5.92 Å². The van der Waals surface area contributed by atoms with Crippen LogP contribution in [0.4, 0.5) is 10.9 Å². The van der Waals surface area contributed by atoms with E-state index in [1.54, 1.807) is 11.8 Å². The number of thiazole rings is 1. The molecule has 4 rings (SSSR count). The standard InChI is InChI=1S/C21H28N6O2S/c1-11-18(30-21(24-11)26(13(3)28)8-7-23-4)16-9-15-10-27(12(2)14-5-6-14)20(29)17(15)19(22)25-16/h9,12,14,23H,5-8,10H2,1-4H3,(H2,22,25)/t12-/m0/s1. The van der Waals surface area contributed by atoms with Crippen LogP contribution in [0, 0.1) is 12.8 Å². The van der Waals surface area contributed by atoms with Crippen LogP contribution in [0.2, 0.25) is 0 Å². The molecule has 0 saturated heterocycles. The van der Waals surface area contributed by atoms with Crippen molar-refractivity contribution in [3.63, 3.8) is 0 Å². The summed E-state index contributed by atoms with van der Waals surface area (Å²) in [4.78, 5) is 38.6. The number of nitrogens with two attached hydrogens (primary N) is 1. The third-order valence-electron chi connectivity index (χ3n) is 5.95. The van der Waals surface area contributed by atoms with Gasteiger partial charge in [-0.1, -0.05) is 11.3 Å². The van der Waals surface area contributed by atoms with Crippen LogP contribution in [-0.2, 0) is 11.3 Å². The number of pyridine rings is 1. The summed E-state index contributed by atoms with van der Waals surface area (Å²) in [5.41, 5.74) is 9.20. The summed E-state index contributed by atoms with van der Waals surface area (Å²) >= 11 is 1.43. The minimum absolute atomic E-state index is 0.0162. The fourth-order valence-electron chi connectivity index (χ4n) is 4.02. The number of aryl methyl sites for hydroxylation is 1. The predicted molar refractivity (Wildman–Crippen MR) is 119 cm³/mol. The first-order valence-corrected chi connectivity index (χ1v) is 11.1. The Morgan fingerprint density at radius 1 is 1.43 bits per heavy atom. The van der Waals surface area contributed by atoms with Gasteiger partial charge >= 0.3 is 0 Å². The summed E-state index contributed by atoms with van der Waals surface area (Å²) in [6.45, 7) is 7.35. The van der Waals surface area contributed by atoms with Gasteiger partial charge in [-0.15, -0.1) is 0 Å². The number of rotatable bonds is 7. The Kier molecular flexibility index (Phi) is 5.50. The number of carbonyl (C=O) groups excluding carboxylic acids is 2. The fraction of sp³-hybridized carbons (Fsp3) is 0.524. The zero-order valence-electron chi connectivity index (χ0n) is 17.9. The van der Waals surface area contributed by atoms with Gasteiger partial charge in [0.25, 0.3) is 5.91 Å². The smallest absolute Gasteiger partial charge is 0.258 e. The van der Waals surface area contributed by atoms with Gasteiger partial charge < -0.3 is 16.0 Å². The lowest BCUT2D eigenvalue weighted by Crippen LogP contribution is -2.34. The number of carbonyl (C=O) groups is 2. The summed E-state index contributed by atoms with van der Waals surface area (Å²) in [7, 11) is 1.85. The lowest BCUT2D eigenvalue weighted by Gasteiger charge is -2.23. The Hall–Kier alpha value is -2.52. The van der Waals surface area contributed by atoms with Gasteiger partial charge in [-0.05, 0) is 51.3 Å². The molecule has 2 aromatic heterocycles. The molecule has 0 spiro atoms. The molecule has 0 unspecified atom stereocenters. The maximum atomic E-state index is 12.9. The second kappa shape index (κ2) is 7.96. The first-order valence-electron chi connectivity index (χ1n) is 10.3. The summed E-state index contributed by atoms with van der Waals surface area (Å²) < 4.78 is 0. The molecule has 2 aromatic rings. The topological polar surface area (TPSA) is 104 Å². The van der Waals surface area contributed by atoms with Crippen molar-refractivity contribution in [3.05, 3.63) is 22.9 Å². The zero-order chi connectivity index (χ0) is 21.6. The Morgan fingerprint density at radius 3 is 2.80 bits per heavy atom. The number of aromatic nitrogens is 2. The second-order valence-electron chi connectivity index (χ2n) is 8.12. The van der Waals surface area contributed by atoms with Gasteiger partial charge in [0.2, 0.25) is 5.91 Å². The molecule has 8 nitrogen and oxygen atoms in total. The first-order chi connectivity index (χ1) is 14.3. The molecule has 160 valence electrons. The number of hydrogen-bond donors (Lipinski definition) is 2. The maximum absolute atomic E-state index is 12.9. The zero-order valence-corrected chi connectivity index (χ0v) is 18.7. The van der Waals surface area contributed by atoms with E-state index in [0.717, 1.165) is 16.1 Å². The van der Waals surface area contributed by atoms with Gasteiger partial charge in [-0.2, -0.15) is 0 Å². The van der Waals surface area contributed by atoms with Crippen molar-refractivity contribution in [3.8, 4) is 10.6 Å². The highest BCUT2D eigenvalue weighted by Crippen LogP contribution is 2.41. The van der Waals surface area contributed by atoms with Crippen molar-refractivity contribution < 1.29 is 9.59 Å². The molecule has 1 atom stereocenters. The van der Waals surface area contributed by atoms with Crippen LogP contribution in [-0.4, -0.2) is 52.9 Å². The molecule has 2 amide bonds. The summed E-state index contributed by atoms with van der Waals surface area (Å²) in [6, 6.07) is 2.18. The van der Waals surface area contributed by atoms with Crippen LogP contribution in [0.3, 0.4) is 0 Å². The predicted octanol–water partition coefficient (Wildman–Crippen LogP) is 2.42. The molecule has 0 bridgehead atoms. The van der Waals surface area contributed by atoms with Crippen molar-refractivity contribution in [2.75, 3.05) is 30.8 Å². The molecular weight excluding hydrogens is 400 g/mol. The minimum atomic E-state index is -0.0534. The van der Waals surface area contributed by atoms with Crippen LogP contribution in [0.25, 0.3) is 10.6 Å². The molecule has 0 aromatic carbocycles. The number of nitrogens with zero attached hydrogens (tertiary/aromatic N) is 4. The van der Waals surface area contributed by atoms with Crippen LogP contribution in [0.15, 0.2) is 6.07 Å². The number of nitrogen functional groups attached to an aromatic ring is 1. The van der Waals surface area contributed by atoms with Gasteiger partial charge in [-0.3, -0.25) is 14.5 Å². The monoisotopic (exact) mass is 428 g/mol. The molecule has 1 saturated carbocycles. The lowest BCUT2D eigenvalue weighted by atomic mass is 10.1. The number of anilines is 2. The van der Waals surface area contributed by atoms with Gasteiger partial charge in [0.15, 0.2) is 5.13 Å². The van der Waals surface area contributed by atoms with Crippen LogP contribution < -0.4 is 16.0 Å². The molecule has 3 N–H and O–H groups in total. The van der Waals surface area contributed by atoms with E-state index in [-0.39, 0.29) is 23.7 Å². The largest absolute Gasteiger partial charge is 0.383 e. The molecule has 0 radical (unpaired) electrons. The van der Waals surface area contributed by atoms with E-state index >= 15 is 0 Å². The highest BCUT2D eigenvalue weighted by molar-refractivity contribution is 7.19. The Bertz CT molecular complexity index is 1000. The minimum Gasteiger partial charge on any atom is -0.383 e. The molecule has 1 aliphatic carbocycles. The number of nitrogens with one attached hydrogen (secondary N) is 1. The fourth-order valence-corrected chi connectivity index (χ4v) is 5.11. The number of likely N-dealkylation sites (N-methyl/N-ethyl adjacent to an activating group) is 1. The van der Waals surface area contributed by atoms with E-state index < -0.39 is 0 Å². The van der Waals surface area contributed by atoms with Crippen LogP contribution in [0.5, 0.6) is 0 Å². The van der Waals surface area contributed by atoms with E-state index in [9.17, 15) is 9.59 Å². The highest BCUT2D eigenvalue weighted by Gasteiger charge is 2.40. The summed E-state index contributed by atoms with van der Waals surface area (Å²) in [5.74, 6) is 0.795. The third kappa shape index (κ3) is 3.67. The Morgan fingerprint density at radius 2 is 2.17 bits per heavy atom. The van der Waals surface area contributed by atoms with Gasteiger partial charge in [0, 0.05) is 32.6 Å². The molecule has 2 aliphatic rings. The van der Waals surface area contributed by atoms with Crippen molar-refractivity contribution in [1.82, 2.24) is 20.2 Å². The van der Waals surface area contributed by atoms with E-state index in [1.165, 1.54) is 24.2 Å². The van der Waals surface area contributed by atoms with E-state index in [2.05, 4.69) is 22.2 Å². The SMILES string of the molecule is CNCCN(C(C)=O)c1nc(C)c(-c2cc3c(c(N)n2)C(=O)N([C@@H](C)C2CC2)C3)s1. The van der Waals surface area contributed by atoms with Crippen molar-refractivity contribution in [1.29, 1.82) is 0 Å². The van der Waals surface area contributed by atoms with E-state index in [1.807, 2.05) is 24.9 Å². The van der Waals surface area contributed by atoms with Gasteiger partial charge in [0.1, 0.15) is 5.82 Å². The molecule has 1 fully saturated rings. The normalized spacial score (nSPS) is 16.7. The number of hydrogen-bond acceptors (Lipinski definition) is 7. The number of fused-ring (bicyclic) bond motifs is 1. The average Bonchev–Trinajstić information content (AvgIpc) is 3.39. The van der Waals surface area contributed by atoms with E-state index in [4.69, 9.17) is 5.73 Å². The summed E-state index contributed by atoms with van der Waals surface area (Å²) in [5, 5.41) is 3.70. The summed E-state index contributed by atoms with van der Waals surface area (Å²) in [6.07, 6.45) is 2.37. The van der Waals surface area contributed by atoms with Gasteiger partial charge in [-0.25, -0.2) is 9.97 Å². The van der Waals surface area contributed by atoms with E-state index in [0.29, 0.717) is 41.9 Å². The van der Waals surface area contributed by atoms with Gasteiger partial charge in [0.05, 0.1) is 21.8 Å². The molecule has 9 heteroatoms. The third-order valence-corrected chi connectivity index (χ3v) is 7.16. The molecule has 1 aliphatic heterocycles. The lowest BCUT2D eigenvalue weighted by molar-refractivity contribution is -0.116. The van der Waals surface area contributed by atoms with Crippen molar-refractivity contribution in [2.45, 2.75) is 46.2 Å². The number of amides is 2. The average molecular weight is 429 g/mol.